The van der Waals surface area contributed by atoms with Gasteiger partial charge in [-0.2, -0.15) is 0 Å². The maximum Gasteiger partial charge on any atom is 0.0274 e. The summed E-state index contributed by atoms with van der Waals surface area (Å²) in [5.74, 6) is 0. The molecule has 0 aromatic rings. The van der Waals surface area contributed by atoms with Gasteiger partial charge in [0.05, 0.1) is 0 Å². The average Bonchev–Trinajstić information content (AvgIpc) is 2.41. The van der Waals surface area contributed by atoms with E-state index in [0.29, 0.717) is 6.04 Å². The van der Waals surface area contributed by atoms with Gasteiger partial charge in [-0.05, 0) is 33.4 Å². The van der Waals surface area contributed by atoms with Gasteiger partial charge < -0.3 is 4.90 Å². The van der Waals surface area contributed by atoms with E-state index in [4.69, 9.17) is 0 Å². The molecule has 0 aromatic carbocycles. The van der Waals surface area contributed by atoms with E-state index in [0.717, 1.165) is 0 Å². The summed E-state index contributed by atoms with van der Waals surface area (Å²) >= 11 is 0. The van der Waals surface area contributed by atoms with E-state index in [9.17, 15) is 0 Å². The third kappa shape index (κ3) is 10.5. The predicted molar refractivity (Wildman–Crippen MR) is 93.4 cm³/mol. The predicted octanol–water partition coefficient (Wildman–Crippen LogP) is 6.19. The molecule has 0 aliphatic heterocycles. The molecule has 0 N–H and O–H groups in total. The normalized spacial score (nSPS) is 12.7. The average molecular weight is 282 g/mol. The number of hydrogen-bond acceptors (Lipinski definition) is 1. The van der Waals surface area contributed by atoms with E-state index in [1.54, 1.807) is 5.57 Å². The maximum atomic E-state index is 2.57. The highest BCUT2D eigenvalue weighted by Crippen LogP contribution is 2.18. The molecule has 1 heteroatoms. The minimum Gasteiger partial charge on any atom is -0.303 e. The third-order valence-corrected chi connectivity index (χ3v) is 4.09. The van der Waals surface area contributed by atoms with Crippen LogP contribution in [0.4, 0.5) is 0 Å². The summed E-state index contributed by atoms with van der Waals surface area (Å²) in [6.07, 6.45) is 17.4. The van der Waals surface area contributed by atoms with Crippen molar-refractivity contribution in [3.8, 4) is 0 Å². The van der Waals surface area contributed by atoms with Crippen molar-refractivity contribution in [1.29, 1.82) is 0 Å². The molecule has 20 heavy (non-hydrogen) atoms. The molecule has 0 saturated carbocycles. The molecule has 0 rings (SSSR count). The van der Waals surface area contributed by atoms with Crippen molar-refractivity contribution < 1.29 is 0 Å². The van der Waals surface area contributed by atoms with Crippen molar-refractivity contribution in [3.63, 3.8) is 0 Å². The fraction of sp³-hybridized carbons (Fsp3) is 0.895. The summed E-state index contributed by atoms with van der Waals surface area (Å²) < 4.78 is 0. The molecule has 0 heterocycles. The monoisotopic (exact) mass is 281 g/mol. The first-order valence-electron chi connectivity index (χ1n) is 9.01. The second-order valence-corrected chi connectivity index (χ2v) is 6.41. The van der Waals surface area contributed by atoms with Crippen LogP contribution in [-0.2, 0) is 0 Å². The van der Waals surface area contributed by atoms with E-state index in [-0.39, 0.29) is 0 Å². The van der Waals surface area contributed by atoms with Gasteiger partial charge in [0.25, 0.3) is 0 Å². The van der Waals surface area contributed by atoms with Gasteiger partial charge in [-0.1, -0.05) is 83.8 Å². The minimum absolute atomic E-state index is 0.647. The zero-order chi connectivity index (χ0) is 15.2. The van der Waals surface area contributed by atoms with Gasteiger partial charge in [-0.15, -0.1) is 0 Å². The number of nitrogens with zero attached hydrogens (tertiary/aromatic N) is 1. The Labute approximate surface area is 128 Å². The van der Waals surface area contributed by atoms with E-state index in [2.05, 4.69) is 45.8 Å². The van der Waals surface area contributed by atoms with Gasteiger partial charge in [-0.3, -0.25) is 0 Å². The zero-order valence-electron chi connectivity index (χ0n) is 14.9. The second kappa shape index (κ2) is 13.7. The van der Waals surface area contributed by atoms with Gasteiger partial charge >= 0.3 is 0 Å². The van der Waals surface area contributed by atoms with Crippen LogP contribution in [0.1, 0.15) is 91.4 Å². The Hall–Kier alpha value is -0.300. The number of rotatable bonds is 13. The molecule has 1 nitrogen and oxygen atoms in total. The van der Waals surface area contributed by atoms with Crippen LogP contribution >= 0.6 is 0 Å². The van der Waals surface area contributed by atoms with Crippen molar-refractivity contribution in [3.05, 3.63) is 11.6 Å². The van der Waals surface area contributed by atoms with E-state index in [1.165, 1.54) is 70.6 Å². The van der Waals surface area contributed by atoms with Crippen LogP contribution in [0.2, 0.25) is 0 Å². The van der Waals surface area contributed by atoms with Crippen LogP contribution in [0, 0.1) is 0 Å². The molecule has 0 bridgehead atoms. The minimum atomic E-state index is 0.647. The molecule has 0 radical (unpaired) electrons. The summed E-state index contributed by atoms with van der Waals surface area (Å²) in [5.41, 5.74) is 1.68. The Balaban J connectivity index is 4.16. The number of hydrogen-bond donors (Lipinski definition) is 0. The molecule has 1 atom stereocenters. The summed E-state index contributed by atoms with van der Waals surface area (Å²) in [7, 11) is 4.46. The summed E-state index contributed by atoms with van der Waals surface area (Å²) in [5, 5.41) is 0. The topological polar surface area (TPSA) is 3.24 Å². The second-order valence-electron chi connectivity index (χ2n) is 6.41. The number of unbranched alkanes of at least 4 members (excludes halogenated alkanes) is 5. The Bertz CT molecular complexity index is 222. The van der Waals surface area contributed by atoms with Gasteiger partial charge in [0.15, 0.2) is 0 Å². The largest absolute Gasteiger partial charge is 0.303 e. The van der Waals surface area contributed by atoms with Crippen LogP contribution in [-0.4, -0.2) is 25.0 Å². The molecule has 120 valence electrons. The molecule has 0 aromatic heterocycles. The summed E-state index contributed by atoms with van der Waals surface area (Å²) in [4.78, 5) is 2.40. The first-order valence-corrected chi connectivity index (χ1v) is 9.01. The van der Waals surface area contributed by atoms with Crippen molar-refractivity contribution in [2.24, 2.45) is 0 Å². The molecular formula is C19H39N. The first kappa shape index (κ1) is 19.7. The fourth-order valence-electron chi connectivity index (χ4n) is 2.83. The zero-order valence-corrected chi connectivity index (χ0v) is 14.9. The lowest BCUT2D eigenvalue weighted by Crippen LogP contribution is -2.26. The third-order valence-electron chi connectivity index (χ3n) is 4.09. The molecular weight excluding hydrogens is 242 g/mol. The van der Waals surface area contributed by atoms with Crippen molar-refractivity contribution in [2.45, 2.75) is 97.4 Å². The van der Waals surface area contributed by atoms with Gasteiger partial charge in [0.2, 0.25) is 0 Å². The van der Waals surface area contributed by atoms with Crippen LogP contribution in [0.3, 0.4) is 0 Å². The van der Waals surface area contributed by atoms with Gasteiger partial charge in [0.1, 0.15) is 0 Å². The van der Waals surface area contributed by atoms with Gasteiger partial charge in [0, 0.05) is 6.04 Å². The fourth-order valence-corrected chi connectivity index (χ4v) is 2.83. The number of likely N-dealkylation sites (N-methyl/N-ethyl adjacent to an activating group) is 1. The maximum absolute atomic E-state index is 2.57. The smallest absolute Gasteiger partial charge is 0.0274 e. The Morgan fingerprint density at radius 1 is 0.800 bits per heavy atom. The van der Waals surface area contributed by atoms with Crippen LogP contribution < -0.4 is 0 Å². The SMILES string of the molecule is CCCCCCCCC(C=C(CCC)CCC)N(C)C. The molecule has 0 saturated heterocycles. The number of allylic oxidation sites excluding steroid dienone is 1. The van der Waals surface area contributed by atoms with Gasteiger partial charge in [-0.25, -0.2) is 0 Å². The van der Waals surface area contributed by atoms with Crippen LogP contribution in [0.15, 0.2) is 11.6 Å². The Kier molecular flexibility index (Phi) is 13.5. The van der Waals surface area contributed by atoms with Crippen LogP contribution in [0.5, 0.6) is 0 Å². The van der Waals surface area contributed by atoms with E-state index < -0.39 is 0 Å². The Morgan fingerprint density at radius 2 is 1.35 bits per heavy atom. The van der Waals surface area contributed by atoms with Crippen LogP contribution in [0.25, 0.3) is 0 Å². The molecule has 0 spiro atoms. The van der Waals surface area contributed by atoms with E-state index >= 15 is 0 Å². The highest BCUT2D eigenvalue weighted by atomic mass is 15.1. The highest BCUT2D eigenvalue weighted by molar-refractivity contribution is 5.07. The molecule has 0 aliphatic carbocycles. The highest BCUT2D eigenvalue weighted by Gasteiger charge is 2.09. The first-order chi connectivity index (χ1) is 9.65. The lowest BCUT2D eigenvalue weighted by atomic mass is 9.99. The summed E-state index contributed by atoms with van der Waals surface area (Å²) in [6.45, 7) is 6.87. The standard InChI is InChI=1S/C19H39N/c1-6-9-10-11-12-13-16-19(20(4)5)17-18(14-7-2)15-8-3/h17,19H,6-16H2,1-5H3. The molecule has 1 unspecified atom stereocenters. The van der Waals surface area contributed by atoms with Crippen molar-refractivity contribution in [2.75, 3.05) is 14.1 Å². The van der Waals surface area contributed by atoms with E-state index in [1.807, 2.05) is 0 Å². The Morgan fingerprint density at radius 3 is 1.85 bits per heavy atom. The lowest BCUT2D eigenvalue weighted by molar-refractivity contribution is 0.317. The van der Waals surface area contributed by atoms with Crippen molar-refractivity contribution >= 4 is 0 Å². The molecule has 0 amide bonds. The lowest BCUT2D eigenvalue weighted by Gasteiger charge is -2.23. The quantitative estimate of drug-likeness (QED) is 0.287. The summed E-state index contributed by atoms with van der Waals surface area (Å²) in [6, 6.07) is 0.647. The molecule has 0 aliphatic rings. The molecule has 0 fully saturated rings. The van der Waals surface area contributed by atoms with Crippen molar-refractivity contribution in [1.82, 2.24) is 4.90 Å².